The Bertz CT molecular complexity index is 1680. The molecule has 6 rings (SSSR count). The molecule has 6 aliphatic rings. The van der Waals surface area contributed by atoms with E-state index < -0.39 is 82.6 Å². The number of hydrogen-bond acceptors (Lipinski definition) is 10. The molecule has 1 N–H and O–H groups in total. The second-order valence-corrected chi connectivity index (χ2v) is 20.6. The van der Waals surface area contributed by atoms with Gasteiger partial charge in [-0.3, -0.25) is 18.9 Å². The summed E-state index contributed by atoms with van der Waals surface area (Å²) in [5.41, 5.74) is 1.16. The highest BCUT2D eigenvalue weighted by molar-refractivity contribution is 7.86. The molecular formula is C42H60F2O11S. The molecule has 0 spiro atoms. The van der Waals surface area contributed by atoms with Crippen LogP contribution >= 0.6 is 0 Å². The van der Waals surface area contributed by atoms with E-state index in [9.17, 15) is 36.4 Å². The Morgan fingerprint density at radius 2 is 1.38 bits per heavy atom. The molecule has 0 aromatic heterocycles. The number of carbonyl (C=O) groups is 4. The van der Waals surface area contributed by atoms with Crippen LogP contribution in [0, 0.1) is 45.8 Å². The van der Waals surface area contributed by atoms with Crippen LogP contribution in [0.15, 0.2) is 23.3 Å². The number of allylic oxidation sites excluding steroid dienone is 2. The average molecular weight is 811 g/mol. The summed E-state index contributed by atoms with van der Waals surface area (Å²) >= 11 is 0. The van der Waals surface area contributed by atoms with Gasteiger partial charge in [-0.25, -0.2) is 4.79 Å². The zero-order valence-electron chi connectivity index (χ0n) is 33.2. The maximum atomic E-state index is 14.0. The minimum absolute atomic E-state index is 0.0552. The van der Waals surface area contributed by atoms with E-state index in [0.29, 0.717) is 37.5 Å². The van der Waals surface area contributed by atoms with Gasteiger partial charge >= 0.3 is 39.2 Å². The summed E-state index contributed by atoms with van der Waals surface area (Å²) in [6, 6.07) is 0. The molecule has 56 heavy (non-hydrogen) atoms. The quantitative estimate of drug-likeness (QED) is 0.0560. The summed E-state index contributed by atoms with van der Waals surface area (Å²) in [7, 11) is -5.56. The Balaban J connectivity index is 1.06. The van der Waals surface area contributed by atoms with Crippen molar-refractivity contribution in [2.45, 2.75) is 148 Å². The van der Waals surface area contributed by atoms with Gasteiger partial charge in [0.2, 0.25) is 6.10 Å². The molecule has 0 heterocycles. The van der Waals surface area contributed by atoms with E-state index in [1.807, 2.05) is 0 Å². The fraction of sp³-hybridized carbons (Fsp3) is 0.810. The standard InChI is InChI=1S/C42H60F2O11S/c1-39(19-27-7-4-8-28(13-27)20-39)25-53-35(45)18-34(37(47)54-26-40(2)21-29-9-5-10-30(14-29)22-40)55-38(48)41(3)23-31-15-32(24-41)17-33(16-31)36(46)52-12-6-11-42(43,44)56(49,50)51/h19,21,28,30-34H,4-18,20,22-26H2,1-3H3,(H,49,50,51). The summed E-state index contributed by atoms with van der Waals surface area (Å²) < 4.78 is 80.3. The number of esters is 4. The number of alkyl halides is 2. The van der Waals surface area contributed by atoms with E-state index in [2.05, 4.69) is 26.0 Å². The monoisotopic (exact) mass is 810 g/mol. The largest absolute Gasteiger partial charge is 0.465 e. The summed E-state index contributed by atoms with van der Waals surface area (Å²) in [6.45, 7) is 5.83. The van der Waals surface area contributed by atoms with Crippen LogP contribution in [0.3, 0.4) is 0 Å². The lowest BCUT2D eigenvalue weighted by Gasteiger charge is -2.46. The number of carbonyl (C=O) groups excluding carboxylic acids is 4. The lowest BCUT2D eigenvalue weighted by Crippen LogP contribution is -2.45. The Morgan fingerprint density at radius 1 is 0.821 bits per heavy atom. The molecule has 7 unspecified atom stereocenters. The van der Waals surface area contributed by atoms with Crippen LogP contribution in [0.5, 0.6) is 0 Å². The maximum Gasteiger partial charge on any atom is 0.370 e. The van der Waals surface area contributed by atoms with Gasteiger partial charge < -0.3 is 18.9 Å². The minimum Gasteiger partial charge on any atom is -0.465 e. The Hall–Kier alpha value is -2.87. The van der Waals surface area contributed by atoms with Gasteiger partial charge in [0.15, 0.2) is 0 Å². The van der Waals surface area contributed by atoms with E-state index in [0.717, 1.165) is 57.8 Å². The molecular weight excluding hydrogens is 751 g/mol. The van der Waals surface area contributed by atoms with E-state index in [1.54, 1.807) is 6.92 Å². The van der Waals surface area contributed by atoms with Gasteiger partial charge in [0.25, 0.3) is 0 Å². The van der Waals surface area contributed by atoms with Crippen LogP contribution in [0.2, 0.25) is 0 Å². The highest BCUT2D eigenvalue weighted by atomic mass is 32.2. The van der Waals surface area contributed by atoms with E-state index in [-0.39, 0.29) is 35.9 Å². The first kappa shape index (κ1) is 42.7. The molecule has 0 aromatic carbocycles. The predicted molar refractivity (Wildman–Crippen MR) is 200 cm³/mol. The van der Waals surface area contributed by atoms with Gasteiger partial charge in [-0.1, -0.05) is 37.1 Å². The number of ether oxygens (including phenoxy) is 4. The lowest BCUT2D eigenvalue weighted by atomic mass is 9.59. The van der Waals surface area contributed by atoms with Crippen LogP contribution in [-0.4, -0.2) is 68.0 Å². The van der Waals surface area contributed by atoms with Gasteiger partial charge in [0.05, 0.1) is 24.4 Å². The first-order valence-electron chi connectivity index (χ1n) is 20.7. The van der Waals surface area contributed by atoms with Crippen molar-refractivity contribution in [1.82, 2.24) is 0 Å². The van der Waals surface area contributed by atoms with Crippen molar-refractivity contribution >= 4 is 34.0 Å². The second-order valence-electron chi connectivity index (χ2n) is 19.1. The molecule has 4 saturated carbocycles. The molecule has 0 radical (unpaired) electrons. The number of halogens is 2. The summed E-state index contributed by atoms with van der Waals surface area (Å²) in [4.78, 5) is 54.1. The van der Waals surface area contributed by atoms with Crippen molar-refractivity contribution in [3.05, 3.63) is 23.3 Å². The minimum atomic E-state index is -5.56. The topological polar surface area (TPSA) is 160 Å². The molecule has 0 aromatic rings. The van der Waals surface area contributed by atoms with E-state index in [1.165, 1.54) is 24.0 Å². The SMILES string of the molecule is CC1(COC(=O)CC(OC(=O)C2(C)CC3CC(CC(C(=O)OCCCC(F)(F)S(=O)(=O)O)C3)C2)C(=O)OCC2(C)C=C3CCCC(C3)C2)C=C2CCCC(C2)C1. The van der Waals surface area contributed by atoms with Crippen molar-refractivity contribution in [1.29, 1.82) is 0 Å². The van der Waals surface area contributed by atoms with Gasteiger partial charge in [0.1, 0.15) is 13.2 Å². The Morgan fingerprint density at radius 3 is 1.91 bits per heavy atom. The fourth-order valence-corrected chi connectivity index (χ4v) is 11.6. The van der Waals surface area contributed by atoms with Crippen LogP contribution < -0.4 is 0 Å². The third kappa shape index (κ3) is 10.6. The smallest absolute Gasteiger partial charge is 0.370 e. The van der Waals surface area contributed by atoms with E-state index >= 15 is 0 Å². The molecule has 4 fully saturated rings. The summed E-state index contributed by atoms with van der Waals surface area (Å²) in [5, 5.41) is -4.33. The summed E-state index contributed by atoms with van der Waals surface area (Å²) in [6.07, 6.45) is 14.0. The maximum absolute atomic E-state index is 14.0. The molecule has 7 atom stereocenters. The van der Waals surface area contributed by atoms with Gasteiger partial charge in [-0.15, -0.1) is 0 Å². The van der Waals surface area contributed by atoms with Crippen LogP contribution in [0.25, 0.3) is 0 Å². The molecule has 14 heteroatoms. The summed E-state index contributed by atoms with van der Waals surface area (Å²) in [5.74, 6) is -2.10. The molecule has 6 aliphatic carbocycles. The molecule has 0 aliphatic heterocycles. The van der Waals surface area contributed by atoms with Gasteiger partial charge in [0, 0.05) is 17.3 Å². The van der Waals surface area contributed by atoms with Crippen molar-refractivity contribution in [2.24, 2.45) is 45.8 Å². The first-order valence-corrected chi connectivity index (χ1v) is 22.1. The molecule has 0 saturated heterocycles. The predicted octanol–water partition coefficient (Wildman–Crippen LogP) is 8.06. The van der Waals surface area contributed by atoms with Crippen LogP contribution in [0.1, 0.15) is 136 Å². The Kier molecular flexibility index (Phi) is 12.8. The number of hydrogen-bond donors (Lipinski definition) is 1. The highest BCUT2D eigenvalue weighted by Crippen LogP contribution is 2.51. The first-order chi connectivity index (χ1) is 26.2. The third-order valence-corrected chi connectivity index (χ3v) is 14.3. The van der Waals surface area contributed by atoms with Crippen LogP contribution in [-0.2, 0) is 48.2 Å². The second kappa shape index (κ2) is 16.8. The van der Waals surface area contributed by atoms with Crippen molar-refractivity contribution in [3.8, 4) is 0 Å². The van der Waals surface area contributed by atoms with Crippen LogP contribution in [0.4, 0.5) is 8.78 Å². The van der Waals surface area contributed by atoms with Gasteiger partial charge in [-0.05, 0) is 133 Å². The number of fused-ring (bicyclic) bond motifs is 6. The Labute approximate surface area is 329 Å². The average Bonchev–Trinajstić information content (AvgIpc) is 3.10. The number of rotatable bonds is 15. The van der Waals surface area contributed by atoms with Crippen molar-refractivity contribution in [2.75, 3.05) is 19.8 Å². The lowest BCUT2D eigenvalue weighted by molar-refractivity contribution is -0.182. The third-order valence-electron chi connectivity index (χ3n) is 13.3. The zero-order chi connectivity index (χ0) is 40.5. The molecule has 11 nitrogen and oxygen atoms in total. The normalized spacial score (nSPS) is 34.6. The zero-order valence-corrected chi connectivity index (χ0v) is 34.0. The molecule has 0 amide bonds. The van der Waals surface area contributed by atoms with Gasteiger partial charge in [-0.2, -0.15) is 17.2 Å². The molecule has 6 bridgehead atoms. The van der Waals surface area contributed by atoms with Crippen molar-refractivity contribution < 1.29 is 59.9 Å². The van der Waals surface area contributed by atoms with E-state index in [4.69, 9.17) is 23.5 Å². The molecule has 314 valence electrons. The highest BCUT2D eigenvalue weighted by Gasteiger charge is 2.50. The van der Waals surface area contributed by atoms with Crippen molar-refractivity contribution in [3.63, 3.8) is 0 Å². The fourth-order valence-electron chi connectivity index (χ4n) is 11.2.